The van der Waals surface area contributed by atoms with Crippen LogP contribution in [0.15, 0.2) is 18.2 Å². The summed E-state index contributed by atoms with van der Waals surface area (Å²) >= 11 is 0. The molecule has 4 heteroatoms. The number of aliphatic hydroxyl groups excluding tert-OH is 1. The highest BCUT2D eigenvalue weighted by atomic mass is 16.5. The molecular formula is C11H13NO3. The number of benzene rings is 1. The van der Waals surface area contributed by atoms with Crippen LogP contribution in [0.5, 0.6) is 5.75 Å². The highest BCUT2D eigenvalue weighted by molar-refractivity contribution is 6.00. The predicted octanol–water partition coefficient (Wildman–Crippen LogP) is 1.29. The first kappa shape index (κ1) is 9.98. The Morgan fingerprint density at radius 2 is 2.20 bits per heavy atom. The monoisotopic (exact) mass is 207 g/mol. The Morgan fingerprint density at radius 1 is 1.47 bits per heavy atom. The Kier molecular flexibility index (Phi) is 2.16. The number of hydrogen-bond acceptors (Lipinski definition) is 3. The van der Waals surface area contributed by atoms with Gasteiger partial charge in [-0.25, -0.2) is 0 Å². The van der Waals surface area contributed by atoms with E-state index in [1.54, 1.807) is 32.0 Å². The molecule has 0 aliphatic carbocycles. The summed E-state index contributed by atoms with van der Waals surface area (Å²) in [6.45, 7) is 3.38. The van der Waals surface area contributed by atoms with E-state index in [-0.39, 0.29) is 12.5 Å². The van der Waals surface area contributed by atoms with Gasteiger partial charge in [0.2, 0.25) is 0 Å². The van der Waals surface area contributed by atoms with Gasteiger partial charge in [-0.05, 0) is 31.5 Å². The Morgan fingerprint density at radius 3 is 2.87 bits per heavy atom. The highest BCUT2D eigenvalue weighted by Crippen LogP contribution is 2.33. The van der Waals surface area contributed by atoms with Crippen LogP contribution >= 0.6 is 0 Å². The lowest BCUT2D eigenvalue weighted by Crippen LogP contribution is -2.45. The number of fused-ring (bicyclic) bond motifs is 1. The third kappa shape index (κ3) is 1.68. The molecule has 1 amide bonds. The van der Waals surface area contributed by atoms with Crippen molar-refractivity contribution in [3.63, 3.8) is 0 Å². The summed E-state index contributed by atoms with van der Waals surface area (Å²) in [5.74, 6) is 0.460. The zero-order valence-corrected chi connectivity index (χ0v) is 8.70. The van der Waals surface area contributed by atoms with Crippen molar-refractivity contribution in [1.29, 1.82) is 0 Å². The Labute approximate surface area is 87.9 Å². The number of nitrogens with one attached hydrogen (secondary N) is 1. The molecular weight excluding hydrogens is 194 g/mol. The summed E-state index contributed by atoms with van der Waals surface area (Å²) in [4.78, 5) is 11.6. The molecule has 4 nitrogen and oxygen atoms in total. The normalized spacial score (nSPS) is 17.7. The highest BCUT2D eigenvalue weighted by Gasteiger charge is 2.35. The number of carbonyl (C=O) groups excluding carboxylic acids is 1. The number of ether oxygens (including phenoxy) is 1. The molecule has 1 heterocycles. The van der Waals surface area contributed by atoms with Crippen molar-refractivity contribution in [3.05, 3.63) is 23.8 Å². The minimum absolute atomic E-state index is 0.0491. The Bertz CT molecular complexity index is 412. The van der Waals surface area contributed by atoms with E-state index in [1.165, 1.54) is 0 Å². The third-order valence-electron chi connectivity index (χ3n) is 2.39. The van der Waals surface area contributed by atoms with Gasteiger partial charge in [-0.15, -0.1) is 0 Å². The topological polar surface area (TPSA) is 58.6 Å². The molecule has 15 heavy (non-hydrogen) atoms. The maximum absolute atomic E-state index is 11.6. The minimum atomic E-state index is -0.840. The average Bonchev–Trinajstić information content (AvgIpc) is 2.19. The third-order valence-corrected chi connectivity index (χ3v) is 2.39. The van der Waals surface area contributed by atoms with Crippen LogP contribution in [0.2, 0.25) is 0 Å². The van der Waals surface area contributed by atoms with Crippen LogP contribution < -0.4 is 10.1 Å². The lowest BCUT2D eigenvalue weighted by molar-refractivity contribution is -0.129. The molecule has 80 valence electrons. The van der Waals surface area contributed by atoms with Crippen molar-refractivity contribution in [1.82, 2.24) is 0 Å². The van der Waals surface area contributed by atoms with Crippen molar-refractivity contribution in [3.8, 4) is 5.75 Å². The molecule has 0 bridgehead atoms. The number of aliphatic hydroxyl groups is 1. The molecule has 2 N–H and O–H groups in total. The second-order valence-electron chi connectivity index (χ2n) is 4.06. The lowest BCUT2D eigenvalue weighted by atomic mass is 10.1. The largest absolute Gasteiger partial charge is 0.476 e. The van der Waals surface area contributed by atoms with Gasteiger partial charge in [-0.3, -0.25) is 4.79 Å². The molecule has 0 fully saturated rings. The standard InChI is InChI=1S/C11H13NO3/c1-11(2)10(14)12-8-5-7(6-13)3-4-9(8)15-11/h3-5,13H,6H2,1-2H3,(H,12,14). The van der Waals surface area contributed by atoms with Crippen LogP contribution in [0.25, 0.3) is 0 Å². The molecule has 2 rings (SSSR count). The van der Waals surface area contributed by atoms with E-state index in [1.807, 2.05) is 0 Å². The smallest absolute Gasteiger partial charge is 0.268 e. The number of carbonyl (C=O) groups is 1. The van der Waals surface area contributed by atoms with Gasteiger partial charge in [-0.2, -0.15) is 0 Å². The molecule has 0 aromatic heterocycles. The van der Waals surface area contributed by atoms with Crippen molar-refractivity contribution >= 4 is 11.6 Å². The first-order valence-electron chi connectivity index (χ1n) is 4.77. The fourth-order valence-electron chi connectivity index (χ4n) is 1.46. The van der Waals surface area contributed by atoms with Gasteiger partial charge in [0.1, 0.15) is 5.75 Å². The van der Waals surface area contributed by atoms with Gasteiger partial charge in [-0.1, -0.05) is 6.07 Å². The van der Waals surface area contributed by atoms with Crippen LogP contribution in [0.1, 0.15) is 19.4 Å². The van der Waals surface area contributed by atoms with Crippen molar-refractivity contribution < 1.29 is 14.6 Å². The van der Waals surface area contributed by atoms with E-state index in [2.05, 4.69) is 5.32 Å². The lowest BCUT2D eigenvalue weighted by Gasteiger charge is -2.31. The second-order valence-corrected chi connectivity index (χ2v) is 4.06. The summed E-state index contributed by atoms with van der Waals surface area (Å²) in [5, 5.41) is 11.7. The van der Waals surface area contributed by atoms with Crippen molar-refractivity contribution in [2.75, 3.05) is 5.32 Å². The zero-order chi connectivity index (χ0) is 11.1. The average molecular weight is 207 g/mol. The molecule has 0 saturated heterocycles. The van der Waals surface area contributed by atoms with Gasteiger partial charge in [0.15, 0.2) is 5.60 Å². The van der Waals surface area contributed by atoms with E-state index < -0.39 is 5.60 Å². The van der Waals surface area contributed by atoms with Crippen LogP contribution in [-0.2, 0) is 11.4 Å². The van der Waals surface area contributed by atoms with E-state index in [0.717, 1.165) is 5.56 Å². The summed E-state index contributed by atoms with van der Waals surface area (Å²) in [6.07, 6.45) is 0. The zero-order valence-electron chi connectivity index (χ0n) is 8.70. The molecule has 0 spiro atoms. The summed E-state index contributed by atoms with van der Waals surface area (Å²) in [6, 6.07) is 5.23. The van der Waals surface area contributed by atoms with Gasteiger partial charge >= 0.3 is 0 Å². The van der Waals surface area contributed by atoms with Gasteiger partial charge in [0.25, 0.3) is 5.91 Å². The number of amides is 1. The molecule has 1 aliphatic heterocycles. The maximum Gasteiger partial charge on any atom is 0.268 e. The van der Waals surface area contributed by atoms with Crippen LogP contribution in [0.3, 0.4) is 0 Å². The molecule has 0 atom stereocenters. The van der Waals surface area contributed by atoms with Gasteiger partial charge in [0.05, 0.1) is 12.3 Å². The van der Waals surface area contributed by atoms with Crippen LogP contribution in [0.4, 0.5) is 5.69 Å². The fourth-order valence-corrected chi connectivity index (χ4v) is 1.46. The first-order valence-corrected chi connectivity index (χ1v) is 4.77. The molecule has 0 radical (unpaired) electrons. The SMILES string of the molecule is CC1(C)Oc2ccc(CO)cc2NC1=O. The summed E-state index contributed by atoms with van der Waals surface area (Å²) in [5.41, 5.74) is 0.525. The molecule has 1 aromatic rings. The maximum atomic E-state index is 11.6. The van der Waals surface area contributed by atoms with E-state index in [4.69, 9.17) is 9.84 Å². The van der Waals surface area contributed by atoms with E-state index in [9.17, 15) is 4.79 Å². The molecule has 0 unspecified atom stereocenters. The fraction of sp³-hybridized carbons (Fsp3) is 0.364. The van der Waals surface area contributed by atoms with E-state index >= 15 is 0 Å². The van der Waals surface area contributed by atoms with Crippen molar-refractivity contribution in [2.24, 2.45) is 0 Å². The Hall–Kier alpha value is -1.55. The molecule has 1 aromatic carbocycles. The predicted molar refractivity (Wildman–Crippen MR) is 55.7 cm³/mol. The Balaban J connectivity index is 2.41. The number of anilines is 1. The summed E-state index contributed by atoms with van der Waals surface area (Å²) in [7, 11) is 0. The van der Waals surface area contributed by atoms with Gasteiger partial charge in [0, 0.05) is 0 Å². The van der Waals surface area contributed by atoms with Crippen LogP contribution in [-0.4, -0.2) is 16.6 Å². The van der Waals surface area contributed by atoms with Crippen LogP contribution in [0, 0.1) is 0 Å². The number of rotatable bonds is 1. The van der Waals surface area contributed by atoms with Crippen molar-refractivity contribution in [2.45, 2.75) is 26.1 Å². The van der Waals surface area contributed by atoms with E-state index in [0.29, 0.717) is 11.4 Å². The first-order chi connectivity index (χ1) is 7.03. The number of hydrogen-bond donors (Lipinski definition) is 2. The molecule has 0 saturated carbocycles. The minimum Gasteiger partial charge on any atom is -0.476 e. The quantitative estimate of drug-likeness (QED) is 0.729. The van der Waals surface area contributed by atoms with Gasteiger partial charge < -0.3 is 15.2 Å². The molecule has 1 aliphatic rings. The summed E-state index contributed by atoms with van der Waals surface area (Å²) < 4.78 is 5.54. The second kappa shape index (κ2) is 3.24.